The van der Waals surface area contributed by atoms with Gasteiger partial charge in [0, 0.05) is 31.7 Å². The summed E-state index contributed by atoms with van der Waals surface area (Å²) in [6, 6.07) is 1.89. The molecule has 0 aromatic carbocycles. The topological polar surface area (TPSA) is 58.5 Å². The fourth-order valence-corrected chi connectivity index (χ4v) is 2.98. The van der Waals surface area contributed by atoms with Gasteiger partial charge in [0.05, 0.1) is 5.69 Å². The van der Waals surface area contributed by atoms with Gasteiger partial charge < -0.3 is 15.1 Å². The summed E-state index contributed by atoms with van der Waals surface area (Å²) >= 11 is 0. The zero-order valence-electron chi connectivity index (χ0n) is 10.3. The van der Waals surface area contributed by atoms with Crippen LogP contribution in [0.2, 0.25) is 0 Å². The molecule has 0 bridgehead atoms. The number of anilines is 1. The lowest BCUT2D eigenvalue weighted by molar-refractivity contribution is 0.197. The van der Waals surface area contributed by atoms with Gasteiger partial charge in [0.2, 0.25) is 0 Å². The highest BCUT2D eigenvalue weighted by molar-refractivity contribution is 5.31. The maximum absolute atomic E-state index is 5.56. The molecule has 2 fully saturated rings. The van der Waals surface area contributed by atoms with Crippen molar-refractivity contribution in [1.82, 2.24) is 9.88 Å². The van der Waals surface area contributed by atoms with E-state index >= 15 is 0 Å². The van der Waals surface area contributed by atoms with Crippen LogP contribution in [0.4, 0.5) is 6.01 Å². The predicted molar refractivity (Wildman–Crippen MR) is 65.8 cm³/mol. The van der Waals surface area contributed by atoms with Crippen LogP contribution >= 0.6 is 0 Å². The van der Waals surface area contributed by atoms with Gasteiger partial charge >= 0.3 is 0 Å². The average molecular weight is 236 g/mol. The molecule has 94 valence electrons. The molecule has 5 heteroatoms. The van der Waals surface area contributed by atoms with Crippen molar-refractivity contribution in [3.8, 4) is 0 Å². The molecule has 2 atom stereocenters. The smallest absolute Gasteiger partial charge is 0.297 e. The number of rotatable bonds is 2. The summed E-state index contributed by atoms with van der Waals surface area (Å²) in [6.07, 6.45) is 4.29. The van der Waals surface area contributed by atoms with Gasteiger partial charge in [-0.3, -0.25) is 4.90 Å². The number of oxazole rings is 1. The minimum atomic E-state index is 0.446. The van der Waals surface area contributed by atoms with E-state index in [-0.39, 0.29) is 0 Å². The Balaban J connectivity index is 1.77. The standard InChI is InChI=1S/C12H20N4O/c1-9-6-15-4-2-3-11(15)7-16(9)12-14-10(5-13)8-17-12/h8-9,11H,2-7,13H2,1H3. The Hall–Kier alpha value is -1.07. The zero-order valence-corrected chi connectivity index (χ0v) is 10.3. The highest BCUT2D eigenvalue weighted by Crippen LogP contribution is 2.28. The van der Waals surface area contributed by atoms with Gasteiger partial charge in [0.25, 0.3) is 6.01 Å². The van der Waals surface area contributed by atoms with Gasteiger partial charge in [0.1, 0.15) is 6.26 Å². The number of nitrogens with zero attached hydrogens (tertiary/aromatic N) is 3. The van der Waals surface area contributed by atoms with E-state index in [1.165, 1.54) is 19.4 Å². The molecular formula is C12H20N4O. The number of hydrogen-bond donors (Lipinski definition) is 1. The molecule has 0 radical (unpaired) electrons. The van der Waals surface area contributed by atoms with Crippen LogP contribution < -0.4 is 10.6 Å². The van der Waals surface area contributed by atoms with E-state index in [1.807, 2.05) is 0 Å². The van der Waals surface area contributed by atoms with E-state index in [2.05, 4.69) is 21.7 Å². The van der Waals surface area contributed by atoms with Gasteiger partial charge in [-0.05, 0) is 26.3 Å². The lowest BCUT2D eigenvalue weighted by atomic mass is 10.1. The molecule has 2 aliphatic heterocycles. The van der Waals surface area contributed by atoms with Gasteiger partial charge in [-0.25, -0.2) is 0 Å². The summed E-state index contributed by atoms with van der Waals surface area (Å²) in [5.74, 6) is 0. The van der Waals surface area contributed by atoms with Crippen LogP contribution in [-0.4, -0.2) is 41.6 Å². The number of hydrogen-bond acceptors (Lipinski definition) is 5. The molecule has 3 heterocycles. The van der Waals surface area contributed by atoms with Crippen molar-refractivity contribution < 1.29 is 4.42 Å². The van der Waals surface area contributed by atoms with Crippen molar-refractivity contribution in [2.24, 2.45) is 5.73 Å². The van der Waals surface area contributed by atoms with E-state index < -0.39 is 0 Å². The maximum atomic E-state index is 5.56. The minimum Gasteiger partial charge on any atom is -0.432 e. The first-order valence-electron chi connectivity index (χ1n) is 6.43. The molecule has 0 aliphatic carbocycles. The highest BCUT2D eigenvalue weighted by Gasteiger charge is 2.35. The number of piperazine rings is 1. The van der Waals surface area contributed by atoms with Crippen LogP contribution in [-0.2, 0) is 6.54 Å². The van der Waals surface area contributed by atoms with Gasteiger partial charge in [-0.1, -0.05) is 0 Å². The second-order valence-electron chi connectivity index (χ2n) is 5.12. The molecule has 17 heavy (non-hydrogen) atoms. The van der Waals surface area contributed by atoms with Crippen LogP contribution in [0.1, 0.15) is 25.5 Å². The van der Waals surface area contributed by atoms with E-state index in [0.29, 0.717) is 18.6 Å². The van der Waals surface area contributed by atoms with Crippen LogP contribution in [0, 0.1) is 0 Å². The molecule has 1 aromatic heterocycles. The Labute approximate surface area is 102 Å². The Morgan fingerprint density at radius 3 is 3.18 bits per heavy atom. The quantitative estimate of drug-likeness (QED) is 0.823. The molecule has 0 amide bonds. The van der Waals surface area contributed by atoms with Crippen LogP contribution in [0.3, 0.4) is 0 Å². The van der Waals surface area contributed by atoms with Crippen LogP contribution in [0.25, 0.3) is 0 Å². The fraction of sp³-hybridized carbons (Fsp3) is 0.750. The Bertz CT molecular complexity index is 392. The van der Waals surface area contributed by atoms with E-state index in [4.69, 9.17) is 10.2 Å². The summed E-state index contributed by atoms with van der Waals surface area (Å²) in [4.78, 5) is 9.31. The molecule has 0 spiro atoms. The largest absolute Gasteiger partial charge is 0.432 e. The Morgan fingerprint density at radius 2 is 2.41 bits per heavy atom. The Kier molecular flexibility index (Phi) is 2.80. The third-order valence-electron chi connectivity index (χ3n) is 3.93. The monoisotopic (exact) mass is 236 g/mol. The summed E-state index contributed by atoms with van der Waals surface area (Å²) < 4.78 is 5.53. The van der Waals surface area contributed by atoms with Crippen molar-refractivity contribution in [2.75, 3.05) is 24.5 Å². The second-order valence-corrected chi connectivity index (χ2v) is 5.12. The number of nitrogens with two attached hydrogens (primary N) is 1. The molecule has 2 unspecified atom stereocenters. The lowest BCUT2D eigenvalue weighted by Crippen LogP contribution is -2.55. The molecule has 2 aliphatic rings. The average Bonchev–Trinajstić information content (AvgIpc) is 2.94. The lowest BCUT2D eigenvalue weighted by Gasteiger charge is -2.41. The normalized spacial score (nSPS) is 29.6. The second kappa shape index (κ2) is 4.31. The predicted octanol–water partition coefficient (Wildman–Crippen LogP) is 0.806. The minimum absolute atomic E-state index is 0.446. The molecule has 2 N–H and O–H groups in total. The molecule has 5 nitrogen and oxygen atoms in total. The van der Waals surface area contributed by atoms with Gasteiger partial charge in [-0.15, -0.1) is 0 Å². The van der Waals surface area contributed by atoms with E-state index in [1.54, 1.807) is 6.26 Å². The van der Waals surface area contributed by atoms with Crippen molar-refractivity contribution >= 4 is 6.01 Å². The summed E-state index contributed by atoms with van der Waals surface area (Å²) in [7, 11) is 0. The van der Waals surface area contributed by atoms with Crippen molar-refractivity contribution in [1.29, 1.82) is 0 Å². The van der Waals surface area contributed by atoms with E-state index in [0.717, 1.165) is 24.8 Å². The fourth-order valence-electron chi connectivity index (χ4n) is 2.98. The summed E-state index contributed by atoms with van der Waals surface area (Å²) in [5.41, 5.74) is 6.40. The third kappa shape index (κ3) is 1.93. The van der Waals surface area contributed by atoms with Crippen molar-refractivity contribution in [3.05, 3.63) is 12.0 Å². The number of fused-ring (bicyclic) bond motifs is 1. The van der Waals surface area contributed by atoms with E-state index in [9.17, 15) is 0 Å². The summed E-state index contributed by atoms with van der Waals surface area (Å²) in [5, 5.41) is 0. The zero-order chi connectivity index (χ0) is 11.8. The number of aromatic nitrogens is 1. The molecule has 1 aromatic rings. The Morgan fingerprint density at radius 1 is 1.53 bits per heavy atom. The maximum Gasteiger partial charge on any atom is 0.297 e. The first-order valence-corrected chi connectivity index (χ1v) is 6.43. The highest BCUT2D eigenvalue weighted by atomic mass is 16.4. The summed E-state index contributed by atoms with van der Waals surface area (Å²) in [6.45, 7) is 6.08. The van der Waals surface area contributed by atoms with Crippen molar-refractivity contribution in [3.63, 3.8) is 0 Å². The SMILES string of the molecule is CC1CN2CCCC2CN1c1nc(CN)co1. The van der Waals surface area contributed by atoms with Crippen LogP contribution in [0.5, 0.6) is 0 Å². The first-order chi connectivity index (χ1) is 8.28. The van der Waals surface area contributed by atoms with Gasteiger partial charge in [-0.2, -0.15) is 4.98 Å². The van der Waals surface area contributed by atoms with Gasteiger partial charge in [0.15, 0.2) is 0 Å². The third-order valence-corrected chi connectivity index (χ3v) is 3.93. The first kappa shape index (κ1) is 11.0. The molecule has 3 rings (SSSR count). The molecule has 0 saturated carbocycles. The van der Waals surface area contributed by atoms with Crippen molar-refractivity contribution in [2.45, 2.75) is 38.4 Å². The molecular weight excluding hydrogens is 216 g/mol. The molecule has 2 saturated heterocycles. The van der Waals surface area contributed by atoms with Crippen LogP contribution in [0.15, 0.2) is 10.7 Å².